The molecular formula is C16H22N2O2. The molecule has 4 heteroatoms. The molecule has 0 aromatic heterocycles. The number of hydrogen-bond donors (Lipinski definition) is 1. The number of para-hydroxylation sites is 1. The number of nitrogens with zero attached hydrogens (tertiary/aromatic N) is 1. The van der Waals surface area contributed by atoms with Crippen LogP contribution in [0.2, 0.25) is 0 Å². The maximum atomic E-state index is 12.6. The molecule has 3 atom stereocenters. The molecule has 2 heterocycles. The number of amides is 1. The van der Waals surface area contributed by atoms with Gasteiger partial charge in [0.25, 0.3) is 0 Å². The van der Waals surface area contributed by atoms with Crippen molar-refractivity contribution in [3.8, 4) is 0 Å². The number of benzene rings is 1. The van der Waals surface area contributed by atoms with E-state index in [1.807, 2.05) is 23.1 Å². The highest BCUT2D eigenvalue weighted by Gasteiger charge is 2.34. The molecule has 108 valence electrons. The van der Waals surface area contributed by atoms with E-state index in [4.69, 9.17) is 4.74 Å². The Morgan fingerprint density at radius 1 is 1.40 bits per heavy atom. The van der Waals surface area contributed by atoms with Crippen molar-refractivity contribution in [3.63, 3.8) is 0 Å². The summed E-state index contributed by atoms with van der Waals surface area (Å²) in [5.41, 5.74) is 2.33. The minimum Gasteiger partial charge on any atom is -0.379 e. The largest absolute Gasteiger partial charge is 0.379 e. The molecule has 1 amide bonds. The number of anilines is 1. The Labute approximate surface area is 120 Å². The van der Waals surface area contributed by atoms with Crippen molar-refractivity contribution in [3.05, 3.63) is 29.8 Å². The van der Waals surface area contributed by atoms with E-state index in [1.165, 1.54) is 5.56 Å². The lowest BCUT2D eigenvalue weighted by atomic mass is 9.95. The first kappa shape index (κ1) is 13.4. The van der Waals surface area contributed by atoms with Crippen molar-refractivity contribution < 1.29 is 9.53 Å². The van der Waals surface area contributed by atoms with E-state index < -0.39 is 0 Å². The van der Waals surface area contributed by atoms with Crippen LogP contribution in [0, 0.1) is 5.92 Å². The summed E-state index contributed by atoms with van der Waals surface area (Å²) in [6, 6.07) is 8.04. The Balaban J connectivity index is 1.66. The summed E-state index contributed by atoms with van der Waals surface area (Å²) in [4.78, 5) is 14.6. The average Bonchev–Trinajstić information content (AvgIpc) is 2.91. The van der Waals surface area contributed by atoms with Gasteiger partial charge in [-0.15, -0.1) is 0 Å². The van der Waals surface area contributed by atoms with Gasteiger partial charge in [-0.25, -0.2) is 0 Å². The van der Waals surface area contributed by atoms with Crippen LogP contribution in [-0.2, 0) is 16.0 Å². The van der Waals surface area contributed by atoms with Crippen molar-refractivity contribution in [2.24, 2.45) is 5.92 Å². The molecule has 2 aliphatic heterocycles. The molecule has 2 aliphatic rings. The van der Waals surface area contributed by atoms with Gasteiger partial charge < -0.3 is 15.0 Å². The van der Waals surface area contributed by atoms with Crippen LogP contribution >= 0.6 is 0 Å². The SMILES string of the molecule is COC1CN(C(=O)[C@@H]2Cc3ccccc3N2)CCC1C. The second-order valence-electron chi connectivity index (χ2n) is 5.88. The number of ether oxygens (including phenoxy) is 1. The number of rotatable bonds is 2. The molecular weight excluding hydrogens is 252 g/mol. The van der Waals surface area contributed by atoms with E-state index in [1.54, 1.807) is 7.11 Å². The molecule has 4 nitrogen and oxygen atoms in total. The number of hydrogen-bond acceptors (Lipinski definition) is 3. The Hall–Kier alpha value is -1.55. The summed E-state index contributed by atoms with van der Waals surface area (Å²) in [6.45, 7) is 3.75. The van der Waals surface area contributed by atoms with Crippen LogP contribution in [0.5, 0.6) is 0 Å². The third kappa shape index (κ3) is 2.40. The fourth-order valence-corrected chi connectivity index (χ4v) is 3.21. The van der Waals surface area contributed by atoms with Gasteiger partial charge in [-0.3, -0.25) is 4.79 Å². The minimum atomic E-state index is -0.113. The molecule has 0 aliphatic carbocycles. The van der Waals surface area contributed by atoms with Crippen molar-refractivity contribution in [1.29, 1.82) is 0 Å². The van der Waals surface area contributed by atoms with E-state index in [9.17, 15) is 4.79 Å². The van der Waals surface area contributed by atoms with Crippen molar-refractivity contribution in [1.82, 2.24) is 4.90 Å². The number of fused-ring (bicyclic) bond motifs is 1. The quantitative estimate of drug-likeness (QED) is 0.895. The number of nitrogens with one attached hydrogen (secondary N) is 1. The van der Waals surface area contributed by atoms with Crippen molar-refractivity contribution in [2.45, 2.75) is 31.9 Å². The first-order valence-corrected chi connectivity index (χ1v) is 7.35. The van der Waals surface area contributed by atoms with Crippen LogP contribution in [0.3, 0.4) is 0 Å². The highest BCUT2D eigenvalue weighted by Crippen LogP contribution is 2.27. The Morgan fingerprint density at radius 3 is 2.95 bits per heavy atom. The standard InChI is InChI=1S/C16H22N2O2/c1-11-7-8-18(10-15(11)20-2)16(19)14-9-12-5-3-4-6-13(12)17-14/h3-6,11,14-15,17H,7-10H2,1-2H3/t11?,14-,15?/m0/s1. The van der Waals surface area contributed by atoms with Gasteiger partial charge in [-0.05, 0) is 24.0 Å². The molecule has 1 N–H and O–H groups in total. The average molecular weight is 274 g/mol. The van der Waals surface area contributed by atoms with Crippen LogP contribution in [0.15, 0.2) is 24.3 Å². The van der Waals surface area contributed by atoms with Gasteiger partial charge in [0.05, 0.1) is 6.10 Å². The number of methoxy groups -OCH3 is 1. The normalized spacial score (nSPS) is 28.9. The molecule has 0 saturated carbocycles. The monoisotopic (exact) mass is 274 g/mol. The number of carbonyl (C=O) groups is 1. The molecule has 1 aromatic rings. The van der Waals surface area contributed by atoms with E-state index in [0.29, 0.717) is 12.5 Å². The number of carbonyl (C=O) groups excluding carboxylic acids is 1. The number of likely N-dealkylation sites (tertiary alicyclic amines) is 1. The Bertz CT molecular complexity index is 478. The molecule has 2 unspecified atom stereocenters. The summed E-state index contributed by atoms with van der Waals surface area (Å²) in [5.74, 6) is 0.730. The van der Waals surface area contributed by atoms with Crippen molar-refractivity contribution >= 4 is 11.6 Å². The van der Waals surface area contributed by atoms with E-state index >= 15 is 0 Å². The Kier molecular flexibility index (Phi) is 3.66. The fraction of sp³-hybridized carbons (Fsp3) is 0.562. The zero-order valence-electron chi connectivity index (χ0n) is 12.1. The lowest BCUT2D eigenvalue weighted by Gasteiger charge is -2.37. The third-order valence-electron chi connectivity index (χ3n) is 4.57. The first-order chi connectivity index (χ1) is 9.69. The van der Waals surface area contributed by atoms with E-state index in [-0.39, 0.29) is 18.1 Å². The maximum Gasteiger partial charge on any atom is 0.245 e. The smallest absolute Gasteiger partial charge is 0.245 e. The van der Waals surface area contributed by atoms with Gasteiger partial charge in [0, 0.05) is 32.3 Å². The van der Waals surface area contributed by atoms with Crippen LogP contribution in [0.4, 0.5) is 5.69 Å². The van der Waals surface area contributed by atoms with Crippen LogP contribution in [-0.4, -0.2) is 43.2 Å². The first-order valence-electron chi connectivity index (χ1n) is 7.35. The zero-order valence-corrected chi connectivity index (χ0v) is 12.1. The highest BCUT2D eigenvalue weighted by molar-refractivity contribution is 5.87. The molecule has 0 spiro atoms. The predicted octanol–water partition coefficient (Wildman–Crippen LogP) is 1.91. The van der Waals surface area contributed by atoms with Gasteiger partial charge in [0.1, 0.15) is 6.04 Å². The van der Waals surface area contributed by atoms with E-state index in [0.717, 1.165) is 25.1 Å². The summed E-state index contributed by atoms with van der Waals surface area (Å²) >= 11 is 0. The van der Waals surface area contributed by atoms with Crippen molar-refractivity contribution in [2.75, 3.05) is 25.5 Å². The van der Waals surface area contributed by atoms with Gasteiger partial charge in [-0.1, -0.05) is 25.1 Å². The fourth-order valence-electron chi connectivity index (χ4n) is 3.21. The topological polar surface area (TPSA) is 41.6 Å². The third-order valence-corrected chi connectivity index (χ3v) is 4.57. The Morgan fingerprint density at radius 2 is 2.20 bits per heavy atom. The van der Waals surface area contributed by atoms with Gasteiger partial charge in [0.2, 0.25) is 5.91 Å². The van der Waals surface area contributed by atoms with E-state index in [2.05, 4.69) is 18.3 Å². The molecule has 0 radical (unpaired) electrons. The number of piperidine rings is 1. The molecule has 1 aromatic carbocycles. The molecule has 3 rings (SSSR count). The molecule has 1 fully saturated rings. The maximum absolute atomic E-state index is 12.6. The molecule has 20 heavy (non-hydrogen) atoms. The van der Waals surface area contributed by atoms with Crippen LogP contribution in [0.25, 0.3) is 0 Å². The second kappa shape index (κ2) is 5.44. The molecule has 1 saturated heterocycles. The minimum absolute atomic E-state index is 0.113. The summed E-state index contributed by atoms with van der Waals surface area (Å²) < 4.78 is 5.49. The predicted molar refractivity (Wildman–Crippen MR) is 78.7 cm³/mol. The second-order valence-corrected chi connectivity index (χ2v) is 5.88. The summed E-state index contributed by atoms with van der Waals surface area (Å²) in [5, 5.41) is 3.34. The lowest BCUT2D eigenvalue weighted by Crippen LogP contribution is -2.51. The van der Waals surface area contributed by atoms with Gasteiger partial charge in [0.15, 0.2) is 0 Å². The van der Waals surface area contributed by atoms with Crippen LogP contribution in [0.1, 0.15) is 18.9 Å². The summed E-state index contributed by atoms with van der Waals surface area (Å²) in [6.07, 6.45) is 1.97. The summed E-state index contributed by atoms with van der Waals surface area (Å²) in [7, 11) is 1.73. The van der Waals surface area contributed by atoms with Gasteiger partial charge >= 0.3 is 0 Å². The zero-order chi connectivity index (χ0) is 14.1. The highest BCUT2D eigenvalue weighted by atomic mass is 16.5. The van der Waals surface area contributed by atoms with Gasteiger partial charge in [-0.2, -0.15) is 0 Å². The van der Waals surface area contributed by atoms with Crippen LogP contribution < -0.4 is 5.32 Å². The molecule has 0 bridgehead atoms. The lowest BCUT2D eigenvalue weighted by molar-refractivity contribution is -0.136.